The molecule has 0 saturated carbocycles. The second-order valence-electron chi connectivity index (χ2n) is 3.60. The molecule has 0 spiro atoms. The van der Waals surface area contributed by atoms with Crippen LogP contribution in [0.3, 0.4) is 0 Å². The maximum atomic E-state index is 10.0. The number of pyridine rings is 2. The van der Waals surface area contributed by atoms with Gasteiger partial charge >= 0.3 is 0 Å². The number of hydrogen-bond donors (Lipinski definition) is 1. The Morgan fingerprint density at radius 3 is 2.76 bits per heavy atom. The van der Waals surface area contributed by atoms with E-state index in [0.29, 0.717) is 11.6 Å². The molecule has 0 saturated heterocycles. The van der Waals surface area contributed by atoms with Gasteiger partial charge in [-0.1, -0.05) is 11.6 Å². The molecule has 0 amide bonds. The summed E-state index contributed by atoms with van der Waals surface area (Å²) in [5, 5.41) is 10.4. The molecule has 0 aliphatic heterocycles. The van der Waals surface area contributed by atoms with E-state index in [1.807, 2.05) is 12.1 Å². The average molecular weight is 314 g/mol. The molecule has 0 aliphatic rings. The van der Waals surface area contributed by atoms with Crippen LogP contribution in [0.4, 0.5) is 0 Å². The molecule has 0 bridgehead atoms. The topological polar surface area (TPSA) is 46.0 Å². The van der Waals surface area contributed by atoms with E-state index >= 15 is 0 Å². The number of rotatable bonds is 3. The SMILES string of the molecule is OC(Cc1ccc(Br)cn1)c1ccnc(Cl)c1. The van der Waals surface area contributed by atoms with Gasteiger partial charge < -0.3 is 5.11 Å². The van der Waals surface area contributed by atoms with Crippen molar-refractivity contribution >= 4 is 27.5 Å². The van der Waals surface area contributed by atoms with E-state index < -0.39 is 6.10 Å². The van der Waals surface area contributed by atoms with Crippen LogP contribution in [0.15, 0.2) is 41.1 Å². The molecule has 1 N–H and O–H groups in total. The highest BCUT2D eigenvalue weighted by molar-refractivity contribution is 9.10. The first-order valence-corrected chi connectivity index (χ1v) is 6.22. The van der Waals surface area contributed by atoms with Crippen molar-refractivity contribution in [2.24, 2.45) is 0 Å². The van der Waals surface area contributed by atoms with E-state index in [9.17, 15) is 5.11 Å². The Balaban J connectivity index is 2.11. The molecule has 2 heterocycles. The second-order valence-corrected chi connectivity index (χ2v) is 4.90. The molecule has 3 nitrogen and oxygen atoms in total. The Hall–Kier alpha value is -0.970. The zero-order chi connectivity index (χ0) is 12.3. The summed E-state index contributed by atoms with van der Waals surface area (Å²) < 4.78 is 0.919. The monoisotopic (exact) mass is 312 g/mol. The number of hydrogen-bond acceptors (Lipinski definition) is 3. The highest BCUT2D eigenvalue weighted by Gasteiger charge is 2.10. The minimum absolute atomic E-state index is 0.380. The minimum atomic E-state index is -0.621. The van der Waals surface area contributed by atoms with Crippen molar-refractivity contribution in [1.82, 2.24) is 9.97 Å². The highest BCUT2D eigenvalue weighted by Crippen LogP contribution is 2.19. The largest absolute Gasteiger partial charge is 0.388 e. The van der Waals surface area contributed by atoms with Crippen molar-refractivity contribution in [3.8, 4) is 0 Å². The molecular formula is C12H10BrClN2O. The fraction of sp³-hybridized carbons (Fsp3) is 0.167. The third kappa shape index (κ3) is 3.49. The maximum Gasteiger partial charge on any atom is 0.129 e. The van der Waals surface area contributed by atoms with E-state index in [2.05, 4.69) is 25.9 Å². The summed E-state index contributed by atoms with van der Waals surface area (Å²) in [5.41, 5.74) is 1.57. The number of aliphatic hydroxyl groups excluding tert-OH is 1. The summed E-state index contributed by atoms with van der Waals surface area (Å²) in [6.45, 7) is 0. The average Bonchev–Trinajstić information content (AvgIpc) is 2.32. The molecule has 5 heteroatoms. The zero-order valence-corrected chi connectivity index (χ0v) is 11.2. The standard InChI is InChI=1S/C12H10BrClN2O/c13-9-1-2-10(16-7-9)6-11(17)8-3-4-15-12(14)5-8/h1-5,7,11,17H,6H2. The Bertz CT molecular complexity index is 504. The molecule has 2 aromatic heterocycles. The molecule has 2 aromatic rings. The van der Waals surface area contributed by atoms with Crippen molar-refractivity contribution in [3.05, 3.63) is 57.5 Å². The van der Waals surface area contributed by atoms with E-state index in [1.54, 1.807) is 24.5 Å². The lowest BCUT2D eigenvalue weighted by atomic mass is 10.1. The quantitative estimate of drug-likeness (QED) is 0.885. The minimum Gasteiger partial charge on any atom is -0.388 e. The summed E-state index contributed by atoms with van der Waals surface area (Å²) >= 11 is 9.08. The van der Waals surface area contributed by atoms with Crippen molar-refractivity contribution in [2.75, 3.05) is 0 Å². The van der Waals surface area contributed by atoms with Gasteiger partial charge in [-0.05, 0) is 45.8 Å². The predicted octanol–water partition coefficient (Wildman–Crippen LogP) is 3.17. The van der Waals surface area contributed by atoms with E-state index in [4.69, 9.17) is 11.6 Å². The van der Waals surface area contributed by atoms with Gasteiger partial charge in [-0.3, -0.25) is 4.98 Å². The van der Waals surface area contributed by atoms with Gasteiger partial charge in [0.2, 0.25) is 0 Å². The third-order valence-corrected chi connectivity index (χ3v) is 3.00. The summed E-state index contributed by atoms with van der Waals surface area (Å²) in [4.78, 5) is 8.08. The van der Waals surface area contributed by atoms with Gasteiger partial charge in [-0.25, -0.2) is 4.98 Å². The predicted molar refractivity (Wildman–Crippen MR) is 69.8 cm³/mol. The summed E-state index contributed by atoms with van der Waals surface area (Å²) in [7, 11) is 0. The van der Waals surface area contributed by atoms with Gasteiger partial charge in [0, 0.05) is 29.0 Å². The van der Waals surface area contributed by atoms with Crippen LogP contribution in [-0.2, 0) is 6.42 Å². The lowest BCUT2D eigenvalue weighted by Gasteiger charge is -2.10. The van der Waals surface area contributed by atoms with Gasteiger partial charge in [-0.2, -0.15) is 0 Å². The van der Waals surface area contributed by atoms with Crippen LogP contribution in [0.5, 0.6) is 0 Å². The van der Waals surface area contributed by atoms with Gasteiger partial charge in [0.25, 0.3) is 0 Å². The first kappa shape index (κ1) is 12.5. The first-order chi connectivity index (χ1) is 8.15. The first-order valence-electron chi connectivity index (χ1n) is 5.05. The number of halogens is 2. The smallest absolute Gasteiger partial charge is 0.129 e. The maximum absolute atomic E-state index is 10.0. The molecule has 1 atom stereocenters. The number of nitrogens with zero attached hydrogens (tertiary/aromatic N) is 2. The molecule has 17 heavy (non-hydrogen) atoms. The van der Waals surface area contributed by atoms with Gasteiger partial charge in [-0.15, -0.1) is 0 Å². The molecule has 1 unspecified atom stereocenters. The number of aliphatic hydroxyl groups is 1. The highest BCUT2D eigenvalue weighted by atomic mass is 79.9. The summed E-state index contributed by atoms with van der Waals surface area (Å²) in [6.07, 6.45) is 3.12. The van der Waals surface area contributed by atoms with Crippen LogP contribution in [-0.4, -0.2) is 15.1 Å². The fourth-order valence-electron chi connectivity index (χ4n) is 1.47. The molecule has 88 valence electrons. The van der Waals surface area contributed by atoms with E-state index in [0.717, 1.165) is 15.7 Å². The molecule has 2 rings (SSSR count). The zero-order valence-electron chi connectivity index (χ0n) is 8.85. The molecule has 0 radical (unpaired) electrons. The van der Waals surface area contributed by atoms with Crippen molar-refractivity contribution in [1.29, 1.82) is 0 Å². The fourth-order valence-corrected chi connectivity index (χ4v) is 1.88. The Morgan fingerprint density at radius 1 is 1.29 bits per heavy atom. The Labute approximate surface area is 113 Å². The van der Waals surface area contributed by atoms with E-state index in [1.165, 1.54) is 0 Å². The molecular weight excluding hydrogens is 304 g/mol. The lowest BCUT2D eigenvalue weighted by molar-refractivity contribution is 0.177. The second kappa shape index (κ2) is 5.58. The van der Waals surface area contributed by atoms with Crippen LogP contribution in [0.1, 0.15) is 17.4 Å². The van der Waals surface area contributed by atoms with Crippen LogP contribution in [0.25, 0.3) is 0 Å². The lowest BCUT2D eigenvalue weighted by Crippen LogP contribution is -2.03. The summed E-state index contributed by atoms with van der Waals surface area (Å²) in [6, 6.07) is 7.17. The molecule has 0 aromatic carbocycles. The van der Waals surface area contributed by atoms with Gasteiger partial charge in [0.1, 0.15) is 5.15 Å². The normalized spacial score (nSPS) is 12.4. The third-order valence-electron chi connectivity index (χ3n) is 2.33. The van der Waals surface area contributed by atoms with Crippen molar-refractivity contribution in [3.63, 3.8) is 0 Å². The van der Waals surface area contributed by atoms with Crippen LogP contribution in [0, 0.1) is 0 Å². The van der Waals surface area contributed by atoms with Gasteiger partial charge in [0.15, 0.2) is 0 Å². The Kier molecular flexibility index (Phi) is 4.10. The van der Waals surface area contributed by atoms with Gasteiger partial charge in [0.05, 0.1) is 6.10 Å². The van der Waals surface area contributed by atoms with Crippen molar-refractivity contribution in [2.45, 2.75) is 12.5 Å². The summed E-state index contributed by atoms with van der Waals surface area (Å²) in [5.74, 6) is 0. The Morgan fingerprint density at radius 2 is 2.12 bits per heavy atom. The van der Waals surface area contributed by atoms with Crippen LogP contribution >= 0.6 is 27.5 Å². The number of aromatic nitrogens is 2. The van der Waals surface area contributed by atoms with Crippen LogP contribution < -0.4 is 0 Å². The molecule has 0 aliphatic carbocycles. The van der Waals surface area contributed by atoms with Crippen molar-refractivity contribution < 1.29 is 5.11 Å². The van der Waals surface area contributed by atoms with E-state index in [-0.39, 0.29) is 0 Å². The van der Waals surface area contributed by atoms with Crippen LogP contribution in [0.2, 0.25) is 5.15 Å². The molecule has 0 fully saturated rings.